The molecule has 10 nitrogen and oxygen atoms in total. The molecule has 2 fully saturated rings. The number of thiophene rings is 1. The summed E-state index contributed by atoms with van der Waals surface area (Å²) in [5.74, 6) is -0.824. The van der Waals surface area contributed by atoms with E-state index in [2.05, 4.69) is 15.0 Å². The van der Waals surface area contributed by atoms with Crippen molar-refractivity contribution in [3.8, 4) is 23.2 Å². The van der Waals surface area contributed by atoms with Crippen molar-refractivity contribution < 1.29 is 17.9 Å². The zero-order chi connectivity index (χ0) is 34.2. The number of nitrogens with zero attached hydrogens (tertiary/aromatic N) is 7. The zero-order valence-corrected chi connectivity index (χ0v) is 28.2. The average Bonchev–Trinajstić information content (AvgIpc) is 3.77. The van der Waals surface area contributed by atoms with Gasteiger partial charge in [0.15, 0.2) is 11.6 Å². The molecule has 3 aliphatic rings. The van der Waals surface area contributed by atoms with Crippen LogP contribution in [0.3, 0.4) is 0 Å². The van der Waals surface area contributed by atoms with E-state index < -0.39 is 17.2 Å². The Morgan fingerprint density at radius 1 is 1.12 bits per heavy atom. The van der Waals surface area contributed by atoms with E-state index in [-0.39, 0.29) is 67.3 Å². The molecule has 2 aromatic carbocycles. The highest BCUT2D eigenvalue weighted by Gasteiger charge is 2.47. The molecule has 5 aromatic rings. The Balaban J connectivity index is 1.30. The first-order valence-corrected chi connectivity index (χ1v) is 17.2. The molecule has 16 heteroatoms. The number of fused-ring (bicyclic) bond motifs is 4. The molecule has 8 rings (SSSR count). The number of hydrogen-bond acceptors (Lipinski definition) is 10. The number of hydrogen-bond donors (Lipinski definition) is 2. The molecule has 4 N–H and O–H groups in total. The van der Waals surface area contributed by atoms with Crippen molar-refractivity contribution in [2.45, 2.75) is 44.3 Å². The van der Waals surface area contributed by atoms with Gasteiger partial charge in [0.2, 0.25) is 0 Å². The Bertz CT molecular complexity index is 2270. The predicted octanol–water partition coefficient (Wildman–Crippen LogP) is 7.21. The minimum absolute atomic E-state index is 0.00390. The van der Waals surface area contributed by atoms with Crippen LogP contribution in [-0.4, -0.2) is 56.4 Å². The number of ether oxygens (including phenoxy) is 1. The zero-order valence-electron chi connectivity index (χ0n) is 25.9. The Kier molecular flexibility index (Phi) is 7.79. The van der Waals surface area contributed by atoms with Crippen molar-refractivity contribution in [3.63, 3.8) is 0 Å². The van der Waals surface area contributed by atoms with Crippen LogP contribution >= 0.6 is 34.5 Å². The molecular formula is C33H28Cl2F3N9OS. The number of nitrogen functional groups attached to an aromatic ring is 2. The third kappa shape index (κ3) is 5.05. The molecule has 0 spiro atoms. The summed E-state index contributed by atoms with van der Waals surface area (Å²) in [5, 5.41) is 15.2. The van der Waals surface area contributed by atoms with Crippen LogP contribution in [0.5, 0.6) is 6.01 Å². The summed E-state index contributed by atoms with van der Waals surface area (Å²) >= 11 is 14.3. The van der Waals surface area contributed by atoms with Gasteiger partial charge in [-0.3, -0.25) is 9.58 Å². The number of halogens is 5. The highest BCUT2D eigenvalue weighted by Crippen LogP contribution is 2.46. The summed E-state index contributed by atoms with van der Waals surface area (Å²) < 4.78 is 53.8. The minimum Gasteiger partial charge on any atom is -0.461 e. The molecule has 2 saturated heterocycles. The summed E-state index contributed by atoms with van der Waals surface area (Å²) in [7, 11) is 0. The maximum absolute atomic E-state index is 17.1. The van der Waals surface area contributed by atoms with Gasteiger partial charge in [-0.25, -0.2) is 13.2 Å². The predicted molar refractivity (Wildman–Crippen MR) is 185 cm³/mol. The topological polar surface area (TPSA) is 135 Å². The van der Waals surface area contributed by atoms with Crippen LogP contribution in [0.25, 0.3) is 32.1 Å². The lowest BCUT2D eigenvalue weighted by Crippen LogP contribution is -2.43. The number of aryl methyl sites for hydroxylation is 1. The summed E-state index contributed by atoms with van der Waals surface area (Å²) in [6, 6.07) is 6.09. The van der Waals surface area contributed by atoms with E-state index in [4.69, 9.17) is 44.4 Å². The van der Waals surface area contributed by atoms with Crippen molar-refractivity contribution in [3.05, 3.63) is 63.0 Å². The van der Waals surface area contributed by atoms with E-state index >= 15 is 4.39 Å². The van der Waals surface area contributed by atoms with Crippen molar-refractivity contribution in [2.75, 3.05) is 42.6 Å². The monoisotopic (exact) mass is 725 g/mol. The molecule has 49 heavy (non-hydrogen) atoms. The van der Waals surface area contributed by atoms with Gasteiger partial charge >= 0.3 is 6.01 Å². The van der Waals surface area contributed by atoms with Gasteiger partial charge in [-0.15, -0.1) is 11.3 Å². The summed E-state index contributed by atoms with van der Waals surface area (Å²) in [6.45, 7) is 2.84. The average molecular weight is 727 g/mol. The molecule has 3 aromatic heterocycles. The fourth-order valence-electron chi connectivity index (χ4n) is 7.56. The fourth-order valence-corrected chi connectivity index (χ4v) is 8.99. The van der Waals surface area contributed by atoms with Crippen LogP contribution in [0, 0.1) is 23.0 Å². The van der Waals surface area contributed by atoms with Gasteiger partial charge in [0.25, 0.3) is 0 Å². The number of nitriles is 1. The quantitative estimate of drug-likeness (QED) is 0.193. The second kappa shape index (κ2) is 11.9. The maximum atomic E-state index is 17.1. The first-order valence-electron chi connectivity index (χ1n) is 15.6. The van der Waals surface area contributed by atoms with Crippen LogP contribution in [-0.2, 0) is 13.1 Å². The number of rotatable bonds is 5. The molecule has 1 unspecified atom stereocenters. The smallest absolute Gasteiger partial charge is 0.319 e. The van der Waals surface area contributed by atoms with Gasteiger partial charge < -0.3 is 21.1 Å². The van der Waals surface area contributed by atoms with Crippen molar-refractivity contribution in [1.82, 2.24) is 24.6 Å². The van der Waals surface area contributed by atoms with Crippen LogP contribution in [0.15, 0.2) is 30.1 Å². The summed E-state index contributed by atoms with van der Waals surface area (Å²) in [6.07, 6.45) is 3.58. The standard InChI is InChI=1S/C33H28Cl2F3N9OS/c34-20-9-18-27(26(38)24(20)17-3-4-21(37)28-23(17)19(12-39)30(41)49-28)42-32(48-15-33-5-1-7-46(33)13-16(10-33)11-36)43-31(18)45-6-2-8-47-22(14-45)25(35)29(40)44-47/h3-4,9,11H,1-2,5-8,10,13-15,41H2,(H2,40,44)/b16-11-. The Morgan fingerprint density at radius 2 is 1.96 bits per heavy atom. The van der Waals surface area contributed by atoms with E-state index in [0.717, 1.165) is 30.7 Å². The maximum Gasteiger partial charge on any atom is 0.319 e. The lowest BCUT2D eigenvalue weighted by atomic mass is 9.94. The van der Waals surface area contributed by atoms with Crippen molar-refractivity contribution >= 4 is 72.2 Å². The highest BCUT2D eigenvalue weighted by atomic mass is 35.5. The largest absolute Gasteiger partial charge is 0.461 e. The second-order valence-electron chi connectivity index (χ2n) is 12.7. The number of aromatic nitrogens is 4. The van der Waals surface area contributed by atoms with Crippen molar-refractivity contribution in [2.24, 2.45) is 0 Å². The first kappa shape index (κ1) is 31.9. The van der Waals surface area contributed by atoms with E-state index in [1.807, 2.05) is 11.0 Å². The molecule has 1 atom stereocenters. The van der Waals surface area contributed by atoms with Gasteiger partial charge in [-0.1, -0.05) is 29.3 Å². The van der Waals surface area contributed by atoms with E-state index in [0.29, 0.717) is 66.3 Å². The van der Waals surface area contributed by atoms with Gasteiger partial charge in [0, 0.05) is 36.0 Å². The van der Waals surface area contributed by atoms with Crippen LogP contribution in [0.4, 0.5) is 29.8 Å². The molecule has 6 heterocycles. The molecule has 0 saturated carbocycles. The van der Waals surface area contributed by atoms with Crippen LogP contribution in [0.1, 0.15) is 36.9 Å². The third-order valence-electron chi connectivity index (χ3n) is 9.81. The van der Waals surface area contributed by atoms with Crippen molar-refractivity contribution in [1.29, 1.82) is 5.26 Å². The van der Waals surface area contributed by atoms with Crippen LogP contribution in [0.2, 0.25) is 10.0 Å². The number of benzene rings is 2. The van der Waals surface area contributed by atoms with E-state index in [1.54, 1.807) is 10.7 Å². The number of nitrogens with two attached hydrogens (primary N) is 2. The summed E-state index contributed by atoms with van der Waals surface area (Å²) in [4.78, 5) is 13.5. The van der Waals surface area contributed by atoms with E-state index in [1.165, 1.54) is 12.1 Å². The molecule has 0 aliphatic carbocycles. The van der Waals surface area contributed by atoms with Gasteiger partial charge in [0.1, 0.15) is 39.9 Å². The van der Waals surface area contributed by atoms with Gasteiger partial charge in [-0.05, 0) is 55.5 Å². The molecule has 0 radical (unpaired) electrons. The lowest BCUT2D eigenvalue weighted by Gasteiger charge is -2.31. The van der Waals surface area contributed by atoms with Crippen LogP contribution < -0.4 is 21.1 Å². The number of anilines is 3. The molecule has 252 valence electrons. The molecule has 0 amide bonds. The SMILES string of the molecule is N#Cc1c(N)sc2c(F)ccc(-c3c(Cl)cc4c(N5CCCn6nc(N)c(Cl)c6C5)nc(OCC56CCCN5C/C(=C\F)C6)nc4c3F)c12. The Morgan fingerprint density at radius 3 is 2.76 bits per heavy atom. The van der Waals surface area contributed by atoms with E-state index in [9.17, 15) is 14.0 Å². The molecule has 0 bridgehead atoms. The fraction of sp³-hybridized carbons (Fsp3) is 0.333. The first-order chi connectivity index (χ1) is 23.6. The molecule has 3 aliphatic heterocycles. The molecular weight excluding hydrogens is 698 g/mol. The summed E-state index contributed by atoms with van der Waals surface area (Å²) in [5.41, 5.74) is 13.1. The van der Waals surface area contributed by atoms with Gasteiger partial charge in [0.05, 0.1) is 39.4 Å². The minimum atomic E-state index is -0.802. The third-order valence-corrected chi connectivity index (χ3v) is 11.6. The lowest BCUT2D eigenvalue weighted by molar-refractivity contribution is 0.108. The Labute approximate surface area is 292 Å². The Hall–Kier alpha value is -4.29. The van der Waals surface area contributed by atoms with Gasteiger partial charge in [-0.2, -0.15) is 20.3 Å². The second-order valence-corrected chi connectivity index (χ2v) is 14.5. The highest BCUT2D eigenvalue weighted by molar-refractivity contribution is 7.23. The normalized spacial score (nSPS) is 20.2.